The quantitative estimate of drug-likeness (QED) is 0.0892. The first-order chi connectivity index (χ1) is 48.6. The van der Waals surface area contributed by atoms with E-state index in [-0.39, 0.29) is 65.6 Å². The first-order valence-corrected chi connectivity index (χ1v) is 36.7. The third kappa shape index (κ3) is 10.2. The summed E-state index contributed by atoms with van der Waals surface area (Å²) in [7, 11) is 0. The van der Waals surface area contributed by atoms with Gasteiger partial charge in [-0.2, -0.15) is 11.8 Å². The summed E-state index contributed by atoms with van der Waals surface area (Å²) in [6, 6.07) is 112. The normalized spacial score (nSPS) is 23.8. The summed E-state index contributed by atoms with van der Waals surface area (Å²) in [6.07, 6.45) is 19.4. The zero-order valence-corrected chi connectivity index (χ0v) is 55.8. The number of para-hydroxylation sites is 5. The van der Waals surface area contributed by atoms with E-state index in [1.807, 2.05) is 0 Å². The number of hydrogen-bond acceptors (Lipinski definition) is 6. The highest BCUT2D eigenvalue weighted by Gasteiger charge is 2.62. The van der Waals surface area contributed by atoms with Crippen LogP contribution in [0.5, 0.6) is 5.75 Å². The van der Waals surface area contributed by atoms with Crippen molar-refractivity contribution in [2.24, 2.45) is 0 Å². The van der Waals surface area contributed by atoms with Crippen LogP contribution in [0.15, 0.2) is 344 Å². The third-order valence-corrected chi connectivity index (χ3v) is 24.6. The van der Waals surface area contributed by atoms with E-state index >= 15 is 0 Å². The van der Waals surface area contributed by atoms with Crippen molar-refractivity contribution < 1.29 is 4.74 Å². The van der Waals surface area contributed by atoms with Crippen molar-refractivity contribution in [3.63, 3.8) is 0 Å². The van der Waals surface area contributed by atoms with Gasteiger partial charge in [0.15, 0.2) is 6.71 Å². The van der Waals surface area contributed by atoms with Gasteiger partial charge < -0.3 is 24.3 Å². The molecule has 2 saturated heterocycles. The van der Waals surface area contributed by atoms with Crippen LogP contribution in [0, 0.1) is 0 Å². The summed E-state index contributed by atoms with van der Waals surface area (Å²) in [5.41, 5.74) is 24.3. The van der Waals surface area contributed by atoms with Crippen LogP contribution >= 0.6 is 11.8 Å². The van der Waals surface area contributed by atoms with Gasteiger partial charge in [-0.3, -0.25) is 0 Å². The van der Waals surface area contributed by atoms with Crippen LogP contribution in [0.25, 0.3) is 44.5 Å². The van der Waals surface area contributed by atoms with Gasteiger partial charge in [0.2, 0.25) is 6.71 Å². The second-order valence-electron chi connectivity index (χ2n) is 28.2. The summed E-state index contributed by atoms with van der Waals surface area (Å²) in [5.74, 6) is 1.71. The van der Waals surface area contributed by atoms with Gasteiger partial charge >= 0.3 is 0 Å². The SMILES string of the molecule is C1=CCC(N(c2ccccc2)C2CC3Oc4ccccc4B4C5=CC6B7c8ccccc8N(c8ccccc8)C8C=C(N(c9ccc(-c%10ccccc%10)cc9)c9ccc(-c%10ccccc%10)cc9)CC(SC6C=C5N(c5c(-c6ccccc6)cccc5-c5ccccc5)C(C2)C43)C78)CC1. The number of anilines is 6. The summed E-state index contributed by atoms with van der Waals surface area (Å²) >= 11 is 2.27. The second kappa shape index (κ2) is 25.1. The number of hydrogen-bond donors (Lipinski definition) is 0. The fraction of sp³-hybridized carbons (Fsp3) is 0.178. The van der Waals surface area contributed by atoms with E-state index in [1.54, 1.807) is 0 Å². The summed E-state index contributed by atoms with van der Waals surface area (Å²) in [5, 5.41) is 0.410. The average Bonchev–Trinajstić information content (AvgIpc) is 0.692. The molecule has 19 rings (SSSR count). The van der Waals surface area contributed by atoms with Gasteiger partial charge in [-0.15, -0.1) is 0 Å². The zero-order valence-electron chi connectivity index (χ0n) is 55.0. The molecule has 11 aromatic rings. The van der Waals surface area contributed by atoms with Crippen LogP contribution < -0.4 is 35.3 Å². The minimum absolute atomic E-state index is 0.0333. The highest BCUT2D eigenvalue weighted by atomic mass is 32.2. The number of nitrogens with zero attached hydrogens (tertiary/aromatic N) is 4. The molecule has 0 bridgehead atoms. The lowest BCUT2D eigenvalue weighted by Crippen LogP contribution is -2.67. The van der Waals surface area contributed by atoms with Crippen LogP contribution in [-0.2, 0) is 0 Å². The van der Waals surface area contributed by atoms with E-state index in [9.17, 15) is 0 Å². The van der Waals surface area contributed by atoms with Crippen LogP contribution in [0.1, 0.15) is 38.5 Å². The van der Waals surface area contributed by atoms with Crippen LogP contribution in [0.4, 0.5) is 34.1 Å². The standard InChI is InChI=1S/C90H76B2N4OS/c1-8-27-61(28-9-1)63-47-51-70(52-48-63)94(71-53-49-64(50-54-71)62-29-10-2-11-30-62)73-56-83-89-87(58-73)98-86-60-81-78(59-79(86)91(89)76-43-22-24-45-80(76)95(83)69-39-20-7-21-40-69)92-77-44-23-25-46-84(77)97-85-57-72(93(67-35-16-5-17-36-67)68-37-18-6-19-38-68)55-82(88(85)92)96(81)90-74(65-31-12-3-13-32-65)41-26-42-75(90)66-33-14-4-15-34-66/h1-18,20-36,39-54,56,59-60,68,72,79,82-83,85-89H,19,37-38,55,57-58H2. The van der Waals surface area contributed by atoms with Crippen molar-refractivity contribution in [3.8, 4) is 50.3 Å². The minimum atomic E-state index is -0.0333. The Balaban J connectivity index is 0.823. The molecule has 0 spiro atoms. The Labute approximate surface area is 582 Å². The molecule has 5 nitrogen and oxygen atoms in total. The van der Waals surface area contributed by atoms with Crippen LogP contribution in [-0.4, -0.2) is 54.2 Å². The molecule has 4 aliphatic carbocycles. The van der Waals surface area contributed by atoms with Gasteiger partial charge in [0, 0.05) is 91.8 Å². The minimum Gasteiger partial charge on any atom is -0.491 e. The summed E-state index contributed by atoms with van der Waals surface area (Å²) in [4.78, 5) is 11.2. The molecule has 10 atom stereocenters. The predicted octanol–water partition coefficient (Wildman–Crippen LogP) is 20.5. The van der Waals surface area contributed by atoms with Gasteiger partial charge in [0.25, 0.3) is 0 Å². The molecule has 0 aromatic heterocycles. The molecule has 10 unspecified atom stereocenters. The Morgan fingerprint density at radius 3 is 1.63 bits per heavy atom. The van der Waals surface area contributed by atoms with E-state index in [0.29, 0.717) is 6.04 Å². The zero-order chi connectivity index (χ0) is 64.6. The molecule has 0 amide bonds. The molecule has 3 fully saturated rings. The number of fused-ring (bicyclic) bond motifs is 8. The number of thioether (sulfide) groups is 1. The number of allylic oxidation sites excluding steroid dienone is 4. The fourth-order valence-electron chi connectivity index (χ4n) is 19.1. The van der Waals surface area contributed by atoms with Crippen LogP contribution in [0.2, 0.25) is 17.5 Å². The number of rotatable bonds is 12. The van der Waals surface area contributed by atoms with Gasteiger partial charge in [-0.25, -0.2) is 0 Å². The Hall–Kier alpha value is -10.1. The molecule has 4 heterocycles. The molecule has 8 aliphatic rings. The molecule has 8 heteroatoms. The monoisotopic (exact) mass is 1280 g/mol. The molecule has 11 aromatic carbocycles. The van der Waals surface area contributed by atoms with Crippen molar-refractivity contribution in [1.29, 1.82) is 0 Å². The first kappa shape index (κ1) is 59.2. The van der Waals surface area contributed by atoms with E-state index in [2.05, 4.69) is 359 Å². The highest BCUT2D eigenvalue weighted by Crippen LogP contribution is 2.62. The molecule has 98 heavy (non-hydrogen) atoms. The van der Waals surface area contributed by atoms with Gasteiger partial charge in [-0.05, 0) is 155 Å². The van der Waals surface area contributed by atoms with Gasteiger partial charge in [0.05, 0.1) is 17.8 Å². The Morgan fingerprint density at radius 1 is 0.449 bits per heavy atom. The Bertz CT molecular complexity index is 4720. The van der Waals surface area contributed by atoms with E-state index in [0.717, 1.165) is 55.6 Å². The summed E-state index contributed by atoms with van der Waals surface area (Å²) < 4.78 is 7.72. The maximum Gasteiger partial charge on any atom is 0.225 e. The van der Waals surface area contributed by atoms with Gasteiger partial charge in [0.1, 0.15) is 5.75 Å². The largest absolute Gasteiger partial charge is 0.491 e. The summed E-state index contributed by atoms with van der Waals surface area (Å²) in [6.45, 7) is 0.352. The maximum atomic E-state index is 7.72. The smallest absolute Gasteiger partial charge is 0.225 e. The molecular weight excluding hydrogens is 1210 g/mol. The van der Waals surface area contributed by atoms with Crippen molar-refractivity contribution in [2.45, 2.75) is 96.7 Å². The average molecular weight is 1280 g/mol. The lowest BCUT2D eigenvalue weighted by molar-refractivity contribution is 0.121. The molecule has 1 saturated carbocycles. The fourth-order valence-corrected chi connectivity index (χ4v) is 20.9. The van der Waals surface area contributed by atoms with E-state index < -0.39 is 0 Å². The maximum absolute atomic E-state index is 7.72. The molecule has 4 aliphatic heterocycles. The molecule has 0 N–H and O–H groups in total. The van der Waals surface area contributed by atoms with E-state index in [4.69, 9.17) is 4.74 Å². The lowest BCUT2D eigenvalue weighted by atomic mass is 9.23. The third-order valence-electron chi connectivity index (χ3n) is 23.0. The second-order valence-corrected chi connectivity index (χ2v) is 29.6. The van der Waals surface area contributed by atoms with Crippen molar-refractivity contribution in [3.05, 3.63) is 344 Å². The van der Waals surface area contributed by atoms with Crippen LogP contribution in [0.3, 0.4) is 0 Å². The lowest BCUT2D eigenvalue weighted by Gasteiger charge is -2.61. The topological polar surface area (TPSA) is 22.2 Å². The van der Waals surface area contributed by atoms with Gasteiger partial charge in [-0.1, -0.05) is 266 Å². The Kier molecular flexibility index (Phi) is 15.1. The van der Waals surface area contributed by atoms with Crippen molar-refractivity contribution >= 4 is 70.2 Å². The predicted molar refractivity (Wildman–Crippen MR) is 414 cm³/mol. The first-order valence-electron chi connectivity index (χ1n) is 35.7. The van der Waals surface area contributed by atoms with E-state index in [1.165, 1.54) is 95.0 Å². The van der Waals surface area contributed by atoms with Crippen molar-refractivity contribution in [1.82, 2.24) is 0 Å². The molecular formula is C90H76B2N4OS. The Morgan fingerprint density at radius 2 is 1.01 bits per heavy atom. The number of benzene rings is 11. The molecule has 474 valence electrons. The number of ether oxygens (including phenoxy) is 1. The highest BCUT2D eigenvalue weighted by molar-refractivity contribution is 8.01. The van der Waals surface area contributed by atoms with Crippen molar-refractivity contribution in [2.75, 3.05) is 19.6 Å². The molecule has 0 radical (unpaired) electrons.